The number of hydrogen-bond acceptors (Lipinski definition) is 2. The molecule has 0 aromatic heterocycles. The summed E-state index contributed by atoms with van der Waals surface area (Å²) in [5.74, 6) is 0.667. The van der Waals surface area contributed by atoms with Gasteiger partial charge in [0.1, 0.15) is 0 Å². The van der Waals surface area contributed by atoms with Crippen LogP contribution >= 0.6 is 11.6 Å². The van der Waals surface area contributed by atoms with E-state index in [4.69, 9.17) is 11.6 Å². The van der Waals surface area contributed by atoms with Crippen LogP contribution in [0.3, 0.4) is 0 Å². The van der Waals surface area contributed by atoms with Crippen LogP contribution in [0.2, 0.25) is 0 Å². The Bertz CT molecular complexity index is 210. The van der Waals surface area contributed by atoms with Crippen LogP contribution in [0, 0.1) is 0 Å². The summed E-state index contributed by atoms with van der Waals surface area (Å²) in [6, 6.07) is 0. The lowest BCUT2D eigenvalue weighted by atomic mass is 10.2. The van der Waals surface area contributed by atoms with Crippen molar-refractivity contribution in [1.29, 1.82) is 0 Å². The molecule has 0 heterocycles. The van der Waals surface area contributed by atoms with Gasteiger partial charge in [0, 0.05) is 32.3 Å². The molecule has 5 heteroatoms. The third-order valence-corrected chi connectivity index (χ3v) is 2.35. The van der Waals surface area contributed by atoms with Crippen LogP contribution in [-0.2, 0) is 9.59 Å². The van der Waals surface area contributed by atoms with E-state index in [1.807, 2.05) is 0 Å². The zero-order chi connectivity index (χ0) is 12.2. The first kappa shape index (κ1) is 15.2. The lowest BCUT2D eigenvalue weighted by molar-refractivity contribution is -0.121. The number of carbonyl (C=O) groups excluding carboxylic acids is 2. The van der Waals surface area contributed by atoms with Crippen molar-refractivity contribution >= 4 is 23.4 Å². The summed E-state index contributed by atoms with van der Waals surface area (Å²) in [6.45, 7) is 2.86. The molecule has 0 aromatic rings. The van der Waals surface area contributed by atoms with Crippen molar-refractivity contribution in [3.63, 3.8) is 0 Å². The van der Waals surface area contributed by atoms with E-state index in [1.165, 1.54) is 6.92 Å². The quantitative estimate of drug-likeness (QED) is 0.479. The van der Waals surface area contributed by atoms with E-state index in [1.54, 1.807) is 0 Å². The fourth-order valence-electron chi connectivity index (χ4n) is 1.23. The van der Waals surface area contributed by atoms with Crippen molar-refractivity contribution in [1.82, 2.24) is 10.6 Å². The first-order chi connectivity index (χ1) is 7.66. The van der Waals surface area contributed by atoms with E-state index in [-0.39, 0.29) is 11.8 Å². The van der Waals surface area contributed by atoms with E-state index in [0.717, 1.165) is 25.7 Å². The minimum absolute atomic E-state index is 0.00109. The second-order valence-electron chi connectivity index (χ2n) is 3.69. The molecule has 0 spiro atoms. The molecule has 0 aromatic carbocycles. The summed E-state index contributed by atoms with van der Waals surface area (Å²) < 4.78 is 0. The summed E-state index contributed by atoms with van der Waals surface area (Å²) in [4.78, 5) is 21.8. The highest BCUT2D eigenvalue weighted by Gasteiger charge is 1.99. The van der Waals surface area contributed by atoms with Gasteiger partial charge in [0.05, 0.1) is 0 Å². The smallest absolute Gasteiger partial charge is 0.219 e. The number of amides is 2. The summed E-state index contributed by atoms with van der Waals surface area (Å²) in [6.07, 6.45) is 4.13. The maximum absolute atomic E-state index is 11.2. The van der Waals surface area contributed by atoms with Gasteiger partial charge in [0.25, 0.3) is 0 Å². The third kappa shape index (κ3) is 11.3. The topological polar surface area (TPSA) is 58.2 Å². The second-order valence-corrected chi connectivity index (χ2v) is 4.06. The lowest BCUT2D eigenvalue weighted by Crippen LogP contribution is -2.24. The summed E-state index contributed by atoms with van der Waals surface area (Å²) in [5.41, 5.74) is 0. The molecule has 0 saturated heterocycles. The Morgan fingerprint density at radius 2 is 1.69 bits per heavy atom. The van der Waals surface area contributed by atoms with Gasteiger partial charge in [0.2, 0.25) is 11.8 Å². The summed E-state index contributed by atoms with van der Waals surface area (Å²) >= 11 is 5.49. The highest BCUT2D eigenvalue weighted by Crippen LogP contribution is 1.98. The Morgan fingerprint density at radius 1 is 1.00 bits per heavy atom. The van der Waals surface area contributed by atoms with Crippen LogP contribution in [-0.4, -0.2) is 30.8 Å². The first-order valence-corrected chi connectivity index (χ1v) is 6.27. The molecule has 0 saturated carbocycles. The largest absolute Gasteiger partial charge is 0.356 e. The average molecular weight is 249 g/mol. The number of unbranched alkanes of at least 4 members (excludes halogenated alkanes) is 2. The van der Waals surface area contributed by atoms with Gasteiger partial charge in [-0.25, -0.2) is 0 Å². The predicted octanol–water partition coefficient (Wildman–Crippen LogP) is 1.43. The molecule has 2 amide bonds. The Balaban J connectivity index is 3.18. The minimum Gasteiger partial charge on any atom is -0.356 e. The van der Waals surface area contributed by atoms with Crippen molar-refractivity contribution in [2.24, 2.45) is 0 Å². The number of hydrogen-bond donors (Lipinski definition) is 2. The molecule has 94 valence electrons. The van der Waals surface area contributed by atoms with Gasteiger partial charge in [-0.05, 0) is 19.3 Å². The number of rotatable bonds is 9. The number of carbonyl (C=O) groups is 2. The van der Waals surface area contributed by atoms with Crippen molar-refractivity contribution in [2.45, 2.75) is 39.0 Å². The van der Waals surface area contributed by atoms with Gasteiger partial charge in [-0.15, -0.1) is 11.6 Å². The normalized spacial score (nSPS) is 9.88. The Hall–Kier alpha value is -0.770. The van der Waals surface area contributed by atoms with E-state index in [0.29, 0.717) is 25.4 Å². The molecule has 0 aliphatic carbocycles. The average Bonchev–Trinajstić information content (AvgIpc) is 2.23. The Morgan fingerprint density at radius 3 is 2.31 bits per heavy atom. The Labute approximate surface area is 102 Å². The van der Waals surface area contributed by atoms with E-state index in [2.05, 4.69) is 10.6 Å². The van der Waals surface area contributed by atoms with Crippen LogP contribution < -0.4 is 10.6 Å². The first-order valence-electron chi connectivity index (χ1n) is 5.74. The van der Waals surface area contributed by atoms with Crippen molar-refractivity contribution in [3.8, 4) is 0 Å². The third-order valence-electron chi connectivity index (χ3n) is 2.09. The van der Waals surface area contributed by atoms with Gasteiger partial charge in [-0.3, -0.25) is 9.59 Å². The van der Waals surface area contributed by atoms with E-state index >= 15 is 0 Å². The van der Waals surface area contributed by atoms with E-state index < -0.39 is 0 Å². The highest BCUT2D eigenvalue weighted by molar-refractivity contribution is 6.17. The zero-order valence-corrected chi connectivity index (χ0v) is 10.6. The molecular formula is C11H21ClN2O2. The molecule has 0 aliphatic rings. The molecule has 0 rings (SSSR count). The predicted molar refractivity (Wildman–Crippen MR) is 65.5 cm³/mol. The lowest BCUT2D eigenvalue weighted by Gasteiger charge is -2.04. The van der Waals surface area contributed by atoms with Gasteiger partial charge in [-0.2, -0.15) is 0 Å². The van der Waals surface area contributed by atoms with Crippen molar-refractivity contribution in [3.05, 3.63) is 0 Å². The van der Waals surface area contributed by atoms with Crippen LogP contribution in [0.4, 0.5) is 0 Å². The molecular weight excluding hydrogens is 228 g/mol. The van der Waals surface area contributed by atoms with Gasteiger partial charge >= 0.3 is 0 Å². The van der Waals surface area contributed by atoms with Gasteiger partial charge < -0.3 is 10.6 Å². The highest BCUT2D eigenvalue weighted by atomic mass is 35.5. The van der Waals surface area contributed by atoms with Gasteiger partial charge in [-0.1, -0.05) is 6.42 Å². The van der Waals surface area contributed by atoms with Gasteiger partial charge in [0.15, 0.2) is 0 Å². The number of nitrogens with one attached hydrogen (secondary N) is 2. The number of halogens is 1. The fraction of sp³-hybridized carbons (Fsp3) is 0.818. The van der Waals surface area contributed by atoms with Crippen LogP contribution in [0.25, 0.3) is 0 Å². The fourth-order valence-corrected chi connectivity index (χ4v) is 1.37. The maximum Gasteiger partial charge on any atom is 0.219 e. The minimum atomic E-state index is -0.00109. The SMILES string of the molecule is CC(=O)NCCCCCC(=O)NCCCCl. The molecule has 0 bridgehead atoms. The standard InChI is InChI=1S/C11H21ClN2O2/c1-10(15)13-8-4-2-3-6-11(16)14-9-5-7-12/h2-9H2,1H3,(H,13,15)(H,14,16). The molecule has 0 fully saturated rings. The van der Waals surface area contributed by atoms with Crippen LogP contribution in [0.5, 0.6) is 0 Å². The van der Waals surface area contributed by atoms with Crippen molar-refractivity contribution < 1.29 is 9.59 Å². The molecule has 0 radical (unpaired) electrons. The van der Waals surface area contributed by atoms with E-state index in [9.17, 15) is 9.59 Å². The van der Waals surface area contributed by atoms with Crippen LogP contribution in [0.1, 0.15) is 39.0 Å². The Kier molecular flexibility index (Phi) is 10.2. The zero-order valence-electron chi connectivity index (χ0n) is 9.85. The summed E-state index contributed by atoms with van der Waals surface area (Å²) in [5, 5.41) is 5.52. The second kappa shape index (κ2) is 10.7. The molecule has 0 atom stereocenters. The van der Waals surface area contributed by atoms with Crippen molar-refractivity contribution in [2.75, 3.05) is 19.0 Å². The molecule has 0 unspecified atom stereocenters. The molecule has 16 heavy (non-hydrogen) atoms. The number of alkyl halides is 1. The molecule has 4 nitrogen and oxygen atoms in total. The summed E-state index contributed by atoms with van der Waals surface area (Å²) in [7, 11) is 0. The maximum atomic E-state index is 11.2. The van der Waals surface area contributed by atoms with Crippen LogP contribution in [0.15, 0.2) is 0 Å². The molecule has 0 aliphatic heterocycles. The monoisotopic (exact) mass is 248 g/mol. The molecule has 2 N–H and O–H groups in total.